The zero-order valence-electron chi connectivity index (χ0n) is 16.5. The van der Waals surface area contributed by atoms with Gasteiger partial charge in [0, 0.05) is 32.7 Å². The number of hydrogen-bond acceptors (Lipinski definition) is 6. The normalized spacial score (nSPS) is 27.7. The second kappa shape index (κ2) is 8.27. The third-order valence-corrected chi connectivity index (χ3v) is 6.62. The highest BCUT2D eigenvalue weighted by Crippen LogP contribution is 2.42. The Balaban J connectivity index is 1.37. The van der Waals surface area contributed by atoms with Crippen LogP contribution in [0.15, 0.2) is 4.52 Å². The molecule has 1 aliphatic carbocycles. The monoisotopic (exact) mass is 376 g/mol. The number of ether oxygens (including phenoxy) is 1. The Morgan fingerprint density at radius 3 is 2.85 bits per heavy atom. The minimum absolute atomic E-state index is 0.186. The number of carbonyl (C=O) groups is 1. The van der Waals surface area contributed by atoms with E-state index in [0.29, 0.717) is 43.2 Å². The molecule has 3 fully saturated rings. The summed E-state index contributed by atoms with van der Waals surface area (Å²) in [7, 11) is 1.67. The van der Waals surface area contributed by atoms with Crippen LogP contribution in [0.25, 0.3) is 0 Å². The maximum absolute atomic E-state index is 13.4. The fraction of sp³-hybridized carbons (Fsp3) is 0.850. The zero-order valence-corrected chi connectivity index (χ0v) is 16.5. The van der Waals surface area contributed by atoms with Crippen LogP contribution in [0.4, 0.5) is 0 Å². The summed E-state index contributed by atoms with van der Waals surface area (Å²) in [5, 5.41) is 4.02. The topological polar surface area (TPSA) is 71.7 Å². The van der Waals surface area contributed by atoms with Gasteiger partial charge >= 0.3 is 0 Å². The Labute approximate surface area is 161 Å². The molecule has 0 radical (unpaired) electrons. The molecule has 0 N–H and O–H groups in total. The summed E-state index contributed by atoms with van der Waals surface area (Å²) in [5.74, 6) is 1.75. The van der Waals surface area contributed by atoms with Crippen molar-refractivity contribution in [1.82, 2.24) is 19.9 Å². The van der Waals surface area contributed by atoms with Crippen molar-refractivity contribution in [1.29, 1.82) is 0 Å². The van der Waals surface area contributed by atoms with Crippen LogP contribution in [0.2, 0.25) is 0 Å². The van der Waals surface area contributed by atoms with Crippen LogP contribution in [-0.2, 0) is 22.5 Å². The van der Waals surface area contributed by atoms with Gasteiger partial charge < -0.3 is 14.2 Å². The van der Waals surface area contributed by atoms with Crippen LogP contribution in [0.3, 0.4) is 0 Å². The van der Waals surface area contributed by atoms with Gasteiger partial charge in [0.25, 0.3) is 0 Å². The molecule has 1 aromatic rings. The summed E-state index contributed by atoms with van der Waals surface area (Å²) in [6.45, 7) is 3.94. The molecule has 150 valence electrons. The lowest BCUT2D eigenvalue weighted by molar-refractivity contribution is -0.149. The molecule has 1 saturated carbocycles. The van der Waals surface area contributed by atoms with E-state index >= 15 is 0 Å². The van der Waals surface area contributed by atoms with Crippen molar-refractivity contribution in [2.24, 2.45) is 5.41 Å². The molecular weight excluding hydrogens is 344 g/mol. The van der Waals surface area contributed by atoms with Crippen molar-refractivity contribution in [3.05, 3.63) is 11.7 Å². The van der Waals surface area contributed by atoms with Gasteiger partial charge in [-0.1, -0.05) is 24.4 Å². The number of piperidine rings is 1. The molecular formula is C20H32N4O3. The number of nitrogens with zero attached hydrogens (tertiary/aromatic N) is 4. The Morgan fingerprint density at radius 1 is 1.19 bits per heavy atom. The average Bonchev–Trinajstić information content (AvgIpc) is 3.31. The largest absolute Gasteiger partial charge is 0.384 e. The fourth-order valence-corrected chi connectivity index (χ4v) is 5.15. The molecule has 2 aliphatic heterocycles. The maximum atomic E-state index is 13.4. The minimum Gasteiger partial charge on any atom is -0.384 e. The summed E-state index contributed by atoms with van der Waals surface area (Å²) in [4.78, 5) is 22.4. The predicted octanol–water partition coefficient (Wildman–Crippen LogP) is 2.41. The van der Waals surface area contributed by atoms with Crippen LogP contribution < -0.4 is 0 Å². The fourth-order valence-electron chi connectivity index (χ4n) is 5.15. The first kappa shape index (κ1) is 18.9. The summed E-state index contributed by atoms with van der Waals surface area (Å²) in [6, 6.07) is 0.483. The molecule has 3 heterocycles. The van der Waals surface area contributed by atoms with E-state index < -0.39 is 0 Å². The van der Waals surface area contributed by atoms with E-state index in [1.165, 1.54) is 32.1 Å². The molecule has 3 aliphatic rings. The number of hydrogen-bond donors (Lipinski definition) is 0. The maximum Gasteiger partial charge on any atom is 0.240 e. The number of rotatable bonds is 6. The van der Waals surface area contributed by atoms with Gasteiger partial charge in [0.05, 0.1) is 18.6 Å². The van der Waals surface area contributed by atoms with Crippen LogP contribution >= 0.6 is 0 Å². The SMILES string of the molecule is COCCc1noc(CN2CCC3(CCCN(C4CCCCC4)C3=O)C2)n1. The Hall–Kier alpha value is -1.47. The van der Waals surface area contributed by atoms with Crippen LogP contribution in [0.5, 0.6) is 0 Å². The van der Waals surface area contributed by atoms with E-state index in [4.69, 9.17) is 9.26 Å². The van der Waals surface area contributed by atoms with Gasteiger partial charge in [0.1, 0.15) is 0 Å². The summed E-state index contributed by atoms with van der Waals surface area (Å²) >= 11 is 0. The van der Waals surface area contributed by atoms with Crippen LogP contribution in [0, 0.1) is 5.41 Å². The Bertz CT molecular complexity index is 643. The molecule has 1 aromatic heterocycles. The number of amides is 1. The number of carbonyl (C=O) groups excluding carboxylic acids is 1. The standard InChI is InChI=1S/C20H32N4O3/c1-26-13-8-17-21-18(27-22-17)14-23-12-10-20(15-23)9-5-11-24(19(20)25)16-6-3-2-4-7-16/h16H,2-15H2,1H3. The molecule has 7 nitrogen and oxygen atoms in total. The third-order valence-electron chi connectivity index (χ3n) is 6.62. The summed E-state index contributed by atoms with van der Waals surface area (Å²) in [6.07, 6.45) is 10.0. The van der Waals surface area contributed by atoms with Crippen LogP contribution in [-0.4, -0.2) is 65.2 Å². The van der Waals surface area contributed by atoms with Gasteiger partial charge in [0.15, 0.2) is 5.82 Å². The number of methoxy groups -OCH3 is 1. The van der Waals surface area contributed by atoms with Crippen molar-refractivity contribution < 1.29 is 14.1 Å². The first-order valence-electron chi connectivity index (χ1n) is 10.5. The molecule has 1 atom stereocenters. The molecule has 1 unspecified atom stereocenters. The van der Waals surface area contributed by atoms with Crippen molar-refractivity contribution in [3.63, 3.8) is 0 Å². The predicted molar refractivity (Wildman–Crippen MR) is 100 cm³/mol. The van der Waals surface area contributed by atoms with E-state index in [0.717, 1.165) is 38.9 Å². The quantitative estimate of drug-likeness (QED) is 0.759. The number of likely N-dealkylation sites (tertiary alicyclic amines) is 2. The van der Waals surface area contributed by atoms with Crippen molar-refractivity contribution in [2.75, 3.05) is 33.4 Å². The molecule has 7 heteroatoms. The van der Waals surface area contributed by atoms with Gasteiger partial charge in [0.2, 0.25) is 11.8 Å². The molecule has 1 spiro atoms. The van der Waals surface area contributed by atoms with Crippen molar-refractivity contribution in [2.45, 2.75) is 70.4 Å². The van der Waals surface area contributed by atoms with E-state index in [1.54, 1.807) is 7.11 Å². The lowest BCUT2D eigenvalue weighted by Gasteiger charge is -2.44. The molecule has 2 saturated heterocycles. The molecule has 0 aromatic carbocycles. The van der Waals surface area contributed by atoms with E-state index in [9.17, 15) is 4.79 Å². The van der Waals surface area contributed by atoms with Gasteiger partial charge in [-0.15, -0.1) is 0 Å². The summed E-state index contributed by atoms with van der Waals surface area (Å²) in [5.41, 5.74) is -0.186. The highest BCUT2D eigenvalue weighted by atomic mass is 16.5. The van der Waals surface area contributed by atoms with Gasteiger partial charge in [-0.3, -0.25) is 9.69 Å². The molecule has 4 rings (SSSR count). The Kier molecular flexibility index (Phi) is 5.78. The van der Waals surface area contributed by atoms with E-state index in [2.05, 4.69) is 19.9 Å². The highest BCUT2D eigenvalue weighted by Gasteiger charge is 2.49. The third kappa shape index (κ3) is 4.04. The van der Waals surface area contributed by atoms with Gasteiger partial charge in [-0.05, 0) is 38.6 Å². The lowest BCUT2D eigenvalue weighted by Crippen LogP contribution is -2.54. The molecule has 27 heavy (non-hydrogen) atoms. The minimum atomic E-state index is -0.186. The van der Waals surface area contributed by atoms with E-state index in [-0.39, 0.29) is 5.41 Å². The zero-order chi connectivity index (χ0) is 18.7. The first-order chi connectivity index (χ1) is 13.2. The summed E-state index contributed by atoms with van der Waals surface area (Å²) < 4.78 is 10.5. The van der Waals surface area contributed by atoms with Gasteiger partial charge in [-0.2, -0.15) is 4.98 Å². The molecule has 1 amide bonds. The smallest absolute Gasteiger partial charge is 0.240 e. The van der Waals surface area contributed by atoms with Crippen molar-refractivity contribution in [3.8, 4) is 0 Å². The van der Waals surface area contributed by atoms with E-state index in [1.807, 2.05) is 0 Å². The number of aromatic nitrogens is 2. The van der Waals surface area contributed by atoms with Crippen molar-refractivity contribution >= 4 is 5.91 Å². The second-order valence-electron chi connectivity index (χ2n) is 8.48. The average molecular weight is 377 g/mol. The Morgan fingerprint density at radius 2 is 2.04 bits per heavy atom. The molecule has 0 bridgehead atoms. The highest BCUT2D eigenvalue weighted by molar-refractivity contribution is 5.84. The second-order valence-corrected chi connectivity index (χ2v) is 8.48. The lowest BCUT2D eigenvalue weighted by atomic mass is 9.77. The van der Waals surface area contributed by atoms with Crippen LogP contribution in [0.1, 0.15) is 63.1 Å². The van der Waals surface area contributed by atoms with Gasteiger partial charge in [-0.25, -0.2) is 0 Å². The first-order valence-corrected chi connectivity index (χ1v) is 10.5.